The van der Waals surface area contributed by atoms with Crippen LogP contribution < -0.4 is 0 Å². The fraction of sp³-hybridized carbons (Fsp3) is 0.118. The van der Waals surface area contributed by atoms with Gasteiger partial charge >= 0.3 is 5.97 Å². The van der Waals surface area contributed by atoms with E-state index in [-0.39, 0.29) is 12.4 Å². The fourth-order valence-corrected chi connectivity index (χ4v) is 2.59. The smallest absolute Gasteiger partial charge is 0.374 e. The summed E-state index contributed by atoms with van der Waals surface area (Å²) in [7, 11) is 0. The Bertz CT molecular complexity index is 805. The van der Waals surface area contributed by atoms with Gasteiger partial charge in [-0.1, -0.05) is 52.3 Å². The lowest BCUT2D eigenvalue weighted by atomic mass is 10.1. The minimum atomic E-state index is -0.445. The molecule has 1 heterocycles. The Balaban J connectivity index is 1.81. The molecular weight excluding hydrogens is 332 g/mol. The molecule has 0 aliphatic rings. The van der Waals surface area contributed by atoms with Crippen molar-refractivity contribution in [1.82, 2.24) is 0 Å². The zero-order valence-corrected chi connectivity index (χ0v) is 13.0. The van der Waals surface area contributed by atoms with Gasteiger partial charge < -0.3 is 9.15 Å². The van der Waals surface area contributed by atoms with E-state index in [9.17, 15) is 4.79 Å². The van der Waals surface area contributed by atoms with Crippen LogP contribution in [-0.4, -0.2) is 5.97 Å². The second-order valence-electron chi connectivity index (χ2n) is 4.72. The highest BCUT2D eigenvalue weighted by Crippen LogP contribution is 2.26. The number of hydrogen-bond donors (Lipinski definition) is 0. The molecule has 3 rings (SSSR count). The number of para-hydroxylation sites is 1. The van der Waals surface area contributed by atoms with Crippen molar-refractivity contribution in [2.24, 2.45) is 0 Å². The van der Waals surface area contributed by atoms with Crippen molar-refractivity contribution in [3.63, 3.8) is 0 Å². The number of hydrogen-bond acceptors (Lipinski definition) is 3. The maximum atomic E-state index is 12.2. The zero-order valence-electron chi connectivity index (χ0n) is 11.4. The number of aryl methyl sites for hydroxylation is 1. The molecule has 0 N–H and O–H groups in total. The topological polar surface area (TPSA) is 39.4 Å². The predicted molar refractivity (Wildman–Crippen MR) is 84.2 cm³/mol. The van der Waals surface area contributed by atoms with E-state index in [1.165, 1.54) is 0 Å². The minimum Gasteiger partial charge on any atom is -0.455 e. The molecular formula is C17H13BrO3. The second-order valence-corrected chi connectivity index (χ2v) is 5.57. The van der Waals surface area contributed by atoms with E-state index in [0.29, 0.717) is 5.58 Å². The van der Waals surface area contributed by atoms with Gasteiger partial charge in [0, 0.05) is 21.0 Å². The highest BCUT2D eigenvalue weighted by Gasteiger charge is 2.18. The van der Waals surface area contributed by atoms with Crippen LogP contribution in [0.5, 0.6) is 0 Å². The lowest BCUT2D eigenvalue weighted by Crippen LogP contribution is -2.05. The Labute approximate surface area is 130 Å². The molecule has 0 atom stereocenters. The number of benzene rings is 2. The molecule has 21 heavy (non-hydrogen) atoms. The van der Waals surface area contributed by atoms with E-state index in [1.54, 1.807) is 0 Å². The van der Waals surface area contributed by atoms with Crippen LogP contribution in [0.1, 0.15) is 21.7 Å². The second kappa shape index (κ2) is 5.74. The molecule has 0 aliphatic carbocycles. The van der Waals surface area contributed by atoms with Gasteiger partial charge in [0.05, 0.1) is 0 Å². The van der Waals surface area contributed by atoms with Gasteiger partial charge in [-0.2, -0.15) is 0 Å². The molecule has 1 aromatic heterocycles. The Morgan fingerprint density at radius 3 is 2.62 bits per heavy atom. The quantitative estimate of drug-likeness (QED) is 0.637. The third-order valence-electron chi connectivity index (χ3n) is 3.35. The summed E-state index contributed by atoms with van der Waals surface area (Å²) < 4.78 is 11.9. The van der Waals surface area contributed by atoms with Gasteiger partial charge in [-0.3, -0.25) is 0 Å². The van der Waals surface area contributed by atoms with Gasteiger partial charge in [0.2, 0.25) is 5.76 Å². The molecule has 3 aromatic rings. The molecule has 0 saturated heterocycles. The number of furan rings is 1. The van der Waals surface area contributed by atoms with Crippen molar-refractivity contribution >= 4 is 32.9 Å². The molecule has 0 fully saturated rings. The number of halogens is 1. The average Bonchev–Trinajstić information content (AvgIpc) is 2.84. The summed E-state index contributed by atoms with van der Waals surface area (Å²) in [5, 5.41) is 0.936. The summed E-state index contributed by atoms with van der Waals surface area (Å²) in [5.41, 5.74) is 2.42. The van der Waals surface area contributed by atoms with E-state index in [1.807, 2.05) is 55.5 Å². The van der Waals surface area contributed by atoms with Crippen LogP contribution in [0.3, 0.4) is 0 Å². The maximum absolute atomic E-state index is 12.2. The Kier molecular flexibility index (Phi) is 3.80. The third kappa shape index (κ3) is 2.72. The van der Waals surface area contributed by atoms with E-state index in [2.05, 4.69) is 15.9 Å². The standard InChI is InChI=1S/C17H13BrO3/c1-11-13-7-3-5-9-15(13)21-16(11)17(19)20-10-12-6-2-4-8-14(12)18/h2-9H,10H2,1H3. The molecule has 4 heteroatoms. The van der Waals surface area contributed by atoms with E-state index >= 15 is 0 Å². The van der Waals surface area contributed by atoms with Gasteiger partial charge in [0.15, 0.2) is 0 Å². The highest BCUT2D eigenvalue weighted by atomic mass is 79.9. The SMILES string of the molecule is Cc1c(C(=O)OCc2ccccc2Br)oc2ccccc12. The van der Waals surface area contributed by atoms with Crippen molar-refractivity contribution < 1.29 is 13.9 Å². The molecule has 0 radical (unpaired) electrons. The van der Waals surface area contributed by atoms with Gasteiger partial charge in [0.1, 0.15) is 12.2 Å². The predicted octanol–water partition coefficient (Wildman–Crippen LogP) is 4.86. The van der Waals surface area contributed by atoms with Crippen LogP contribution in [0.25, 0.3) is 11.0 Å². The van der Waals surface area contributed by atoms with Crippen LogP contribution in [-0.2, 0) is 11.3 Å². The molecule has 106 valence electrons. The highest BCUT2D eigenvalue weighted by molar-refractivity contribution is 9.10. The number of rotatable bonds is 3. The van der Waals surface area contributed by atoms with Crippen molar-refractivity contribution in [1.29, 1.82) is 0 Å². The van der Waals surface area contributed by atoms with Crippen LogP contribution in [0.4, 0.5) is 0 Å². The van der Waals surface area contributed by atoms with Gasteiger partial charge in [0.25, 0.3) is 0 Å². The summed E-state index contributed by atoms with van der Waals surface area (Å²) in [6, 6.07) is 15.2. The summed E-state index contributed by atoms with van der Waals surface area (Å²) in [4.78, 5) is 12.2. The Morgan fingerprint density at radius 2 is 1.86 bits per heavy atom. The maximum Gasteiger partial charge on any atom is 0.374 e. The first-order valence-corrected chi connectivity index (χ1v) is 7.35. The number of esters is 1. The van der Waals surface area contributed by atoms with Crippen molar-refractivity contribution in [2.75, 3.05) is 0 Å². The number of carbonyl (C=O) groups excluding carboxylic acids is 1. The number of fused-ring (bicyclic) bond motifs is 1. The summed E-state index contributed by atoms with van der Waals surface area (Å²) in [6.45, 7) is 2.07. The Hall–Kier alpha value is -2.07. The minimum absolute atomic E-state index is 0.205. The molecule has 0 saturated carbocycles. The third-order valence-corrected chi connectivity index (χ3v) is 4.12. The van der Waals surface area contributed by atoms with Crippen LogP contribution in [0, 0.1) is 6.92 Å². The van der Waals surface area contributed by atoms with E-state index in [4.69, 9.17) is 9.15 Å². The molecule has 0 bridgehead atoms. The lowest BCUT2D eigenvalue weighted by Gasteiger charge is -2.05. The molecule has 3 nitrogen and oxygen atoms in total. The van der Waals surface area contributed by atoms with Crippen LogP contribution in [0.2, 0.25) is 0 Å². The molecule has 0 aliphatic heterocycles. The van der Waals surface area contributed by atoms with Crippen molar-refractivity contribution in [2.45, 2.75) is 13.5 Å². The first kappa shape index (κ1) is 13.9. The van der Waals surface area contributed by atoms with Gasteiger partial charge in [-0.25, -0.2) is 4.79 Å². The summed E-state index contributed by atoms with van der Waals surface area (Å²) >= 11 is 3.43. The van der Waals surface area contributed by atoms with Gasteiger partial charge in [-0.05, 0) is 19.1 Å². The van der Waals surface area contributed by atoms with E-state index < -0.39 is 5.97 Å². The van der Waals surface area contributed by atoms with Gasteiger partial charge in [-0.15, -0.1) is 0 Å². The van der Waals surface area contributed by atoms with Crippen LogP contribution >= 0.6 is 15.9 Å². The summed E-state index contributed by atoms with van der Waals surface area (Å²) in [6.07, 6.45) is 0. The van der Waals surface area contributed by atoms with Crippen molar-refractivity contribution in [3.8, 4) is 0 Å². The number of ether oxygens (including phenoxy) is 1. The Morgan fingerprint density at radius 1 is 1.14 bits per heavy atom. The normalized spacial score (nSPS) is 10.8. The van der Waals surface area contributed by atoms with E-state index in [0.717, 1.165) is 21.0 Å². The lowest BCUT2D eigenvalue weighted by molar-refractivity contribution is 0.0437. The first-order chi connectivity index (χ1) is 10.2. The average molecular weight is 345 g/mol. The zero-order chi connectivity index (χ0) is 14.8. The van der Waals surface area contributed by atoms with Crippen LogP contribution in [0.15, 0.2) is 57.4 Å². The largest absolute Gasteiger partial charge is 0.455 e. The monoisotopic (exact) mass is 344 g/mol. The molecule has 0 amide bonds. The van der Waals surface area contributed by atoms with Crippen molar-refractivity contribution in [3.05, 3.63) is 69.9 Å². The first-order valence-electron chi connectivity index (χ1n) is 6.55. The fourth-order valence-electron chi connectivity index (χ4n) is 2.19. The summed E-state index contributed by atoms with van der Waals surface area (Å²) in [5.74, 6) is -0.178. The molecule has 2 aromatic carbocycles. The number of carbonyl (C=O) groups is 1. The molecule has 0 unspecified atom stereocenters. The molecule has 0 spiro atoms.